The molecule has 2 heterocycles. The fourth-order valence-corrected chi connectivity index (χ4v) is 3.97. The lowest BCUT2D eigenvalue weighted by Gasteiger charge is -2.26. The lowest BCUT2D eigenvalue weighted by atomic mass is 10.00. The van der Waals surface area contributed by atoms with Crippen LogP contribution in [0.5, 0.6) is 0 Å². The van der Waals surface area contributed by atoms with Crippen LogP contribution in [0.4, 0.5) is 13.2 Å². The SMILES string of the molecule is Cc1c(C(F)(F)F)[nH]c(C(=O)N2CCSCC2)c1-c1ccc(Cl)cc1. The molecule has 1 N–H and O–H groups in total. The first-order valence-corrected chi connectivity index (χ1v) is 9.25. The van der Waals surface area contributed by atoms with Gasteiger partial charge in [0.05, 0.1) is 0 Å². The molecule has 0 saturated carbocycles. The van der Waals surface area contributed by atoms with E-state index in [4.69, 9.17) is 11.6 Å². The zero-order valence-corrected chi connectivity index (χ0v) is 15.0. The number of hydrogen-bond donors (Lipinski definition) is 1. The molecule has 134 valence electrons. The highest BCUT2D eigenvalue weighted by Crippen LogP contribution is 2.39. The number of alkyl halides is 3. The number of rotatable bonds is 2. The third-order valence-electron chi connectivity index (χ3n) is 4.18. The molecule has 0 atom stereocenters. The number of halogens is 4. The molecule has 0 aliphatic carbocycles. The van der Waals surface area contributed by atoms with Gasteiger partial charge in [0, 0.05) is 35.2 Å². The van der Waals surface area contributed by atoms with Gasteiger partial charge < -0.3 is 9.88 Å². The van der Waals surface area contributed by atoms with E-state index in [1.807, 2.05) is 0 Å². The predicted molar refractivity (Wildman–Crippen MR) is 94.2 cm³/mol. The molecule has 0 spiro atoms. The molecular weight excluding hydrogens is 373 g/mol. The number of aromatic nitrogens is 1. The lowest BCUT2D eigenvalue weighted by molar-refractivity contribution is -0.141. The zero-order valence-electron chi connectivity index (χ0n) is 13.4. The normalized spacial score (nSPS) is 15.5. The van der Waals surface area contributed by atoms with Gasteiger partial charge in [0.15, 0.2) is 0 Å². The molecule has 1 amide bonds. The van der Waals surface area contributed by atoms with Crippen molar-refractivity contribution in [1.82, 2.24) is 9.88 Å². The molecule has 3 rings (SSSR count). The molecular formula is C17H16ClF3N2OS. The average molecular weight is 389 g/mol. The van der Waals surface area contributed by atoms with E-state index in [2.05, 4.69) is 4.98 Å². The van der Waals surface area contributed by atoms with Crippen LogP contribution < -0.4 is 0 Å². The van der Waals surface area contributed by atoms with E-state index in [0.717, 1.165) is 11.5 Å². The van der Waals surface area contributed by atoms with Gasteiger partial charge in [0.2, 0.25) is 0 Å². The molecule has 1 aromatic carbocycles. The van der Waals surface area contributed by atoms with Gasteiger partial charge in [0.25, 0.3) is 5.91 Å². The molecule has 1 aromatic heterocycles. The summed E-state index contributed by atoms with van der Waals surface area (Å²) in [4.78, 5) is 16.8. The fourth-order valence-electron chi connectivity index (χ4n) is 2.94. The van der Waals surface area contributed by atoms with Crippen LogP contribution in [-0.2, 0) is 6.18 Å². The first-order valence-electron chi connectivity index (χ1n) is 7.71. The van der Waals surface area contributed by atoms with Crippen LogP contribution in [0.25, 0.3) is 11.1 Å². The van der Waals surface area contributed by atoms with E-state index in [1.165, 1.54) is 6.92 Å². The van der Waals surface area contributed by atoms with E-state index < -0.39 is 17.8 Å². The van der Waals surface area contributed by atoms with Crippen LogP contribution in [0.1, 0.15) is 21.7 Å². The van der Waals surface area contributed by atoms with Gasteiger partial charge in [-0.15, -0.1) is 0 Å². The molecule has 0 bridgehead atoms. The molecule has 1 aliphatic rings. The summed E-state index contributed by atoms with van der Waals surface area (Å²) in [6, 6.07) is 6.45. The van der Waals surface area contributed by atoms with Gasteiger partial charge in [-0.25, -0.2) is 0 Å². The van der Waals surface area contributed by atoms with Crippen molar-refractivity contribution in [3.05, 3.63) is 46.2 Å². The summed E-state index contributed by atoms with van der Waals surface area (Å²) in [7, 11) is 0. The highest BCUT2D eigenvalue weighted by atomic mass is 35.5. The minimum Gasteiger partial charge on any atom is -0.346 e. The average Bonchev–Trinajstić information content (AvgIpc) is 2.93. The first-order chi connectivity index (χ1) is 11.8. The summed E-state index contributed by atoms with van der Waals surface area (Å²) < 4.78 is 40.0. The summed E-state index contributed by atoms with van der Waals surface area (Å²) >= 11 is 7.60. The van der Waals surface area contributed by atoms with Crippen molar-refractivity contribution >= 4 is 29.3 Å². The maximum atomic E-state index is 13.3. The van der Waals surface area contributed by atoms with Crippen molar-refractivity contribution in [2.45, 2.75) is 13.1 Å². The Morgan fingerprint density at radius 1 is 1.20 bits per heavy atom. The summed E-state index contributed by atoms with van der Waals surface area (Å²) in [6.45, 7) is 2.44. The number of carbonyl (C=O) groups excluding carboxylic acids is 1. The van der Waals surface area contributed by atoms with Crippen LogP contribution in [0.2, 0.25) is 5.02 Å². The van der Waals surface area contributed by atoms with Crippen LogP contribution in [-0.4, -0.2) is 40.4 Å². The Morgan fingerprint density at radius 2 is 1.80 bits per heavy atom. The number of nitrogens with one attached hydrogen (secondary N) is 1. The number of nitrogens with zero attached hydrogens (tertiary/aromatic N) is 1. The molecule has 25 heavy (non-hydrogen) atoms. The van der Waals surface area contributed by atoms with Crippen LogP contribution in [0.15, 0.2) is 24.3 Å². The Hall–Kier alpha value is -1.60. The summed E-state index contributed by atoms with van der Waals surface area (Å²) in [5.74, 6) is 1.17. The molecule has 8 heteroatoms. The molecule has 1 saturated heterocycles. The number of hydrogen-bond acceptors (Lipinski definition) is 2. The Labute approximate surface area is 152 Å². The van der Waals surface area contributed by atoms with Crippen LogP contribution in [0, 0.1) is 6.92 Å². The molecule has 3 nitrogen and oxygen atoms in total. The van der Waals surface area contributed by atoms with Gasteiger partial charge in [-0.1, -0.05) is 23.7 Å². The van der Waals surface area contributed by atoms with Crippen LogP contribution >= 0.6 is 23.4 Å². The third-order valence-corrected chi connectivity index (χ3v) is 5.37. The number of H-pyrrole nitrogens is 1. The van der Waals surface area contributed by atoms with Crippen molar-refractivity contribution in [1.29, 1.82) is 0 Å². The number of thioether (sulfide) groups is 1. The fraction of sp³-hybridized carbons (Fsp3) is 0.353. The van der Waals surface area contributed by atoms with Crippen molar-refractivity contribution in [3.63, 3.8) is 0 Å². The van der Waals surface area contributed by atoms with E-state index in [9.17, 15) is 18.0 Å². The van der Waals surface area contributed by atoms with Crippen LogP contribution in [0.3, 0.4) is 0 Å². The molecule has 0 radical (unpaired) electrons. The first kappa shape index (κ1) is 18.2. The van der Waals surface area contributed by atoms with Gasteiger partial charge in [-0.3, -0.25) is 4.79 Å². The second kappa shape index (κ2) is 6.96. The number of amides is 1. The molecule has 2 aromatic rings. The number of carbonyl (C=O) groups is 1. The Kier molecular flexibility index (Phi) is 5.06. The predicted octanol–water partition coefficient (Wildman–Crippen LogP) is 4.85. The van der Waals surface area contributed by atoms with Gasteiger partial charge in [-0.2, -0.15) is 24.9 Å². The van der Waals surface area contributed by atoms with Gasteiger partial charge in [-0.05, 0) is 30.2 Å². The maximum absolute atomic E-state index is 13.3. The quantitative estimate of drug-likeness (QED) is 0.798. The highest BCUT2D eigenvalue weighted by molar-refractivity contribution is 7.99. The van der Waals surface area contributed by atoms with Crippen molar-refractivity contribution in [3.8, 4) is 11.1 Å². The summed E-state index contributed by atoms with van der Waals surface area (Å²) in [6.07, 6.45) is -4.55. The standard InChI is InChI=1S/C17H16ClF3N2OS/c1-10-13(11-2-4-12(18)5-3-11)14(22-15(10)17(19,20)21)16(24)23-6-8-25-9-7-23/h2-5,22H,6-9H2,1H3. The summed E-state index contributed by atoms with van der Waals surface area (Å²) in [5, 5.41) is 0.480. The second-order valence-electron chi connectivity index (χ2n) is 5.78. The van der Waals surface area contributed by atoms with E-state index in [0.29, 0.717) is 23.7 Å². The largest absolute Gasteiger partial charge is 0.431 e. The lowest BCUT2D eigenvalue weighted by Crippen LogP contribution is -2.38. The Balaban J connectivity index is 2.12. The second-order valence-corrected chi connectivity index (χ2v) is 7.45. The highest BCUT2D eigenvalue weighted by Gasteiger charge is 2.38. The monoisotopic (exact) mass is 388 g/mol. The minimum absolute atomic E-state index is 0.0148. The maximum Gasteiger partial charge on any atom is 0.431 e. The Morgan fingerprint density at radius 3 is 2.36 bits per heavy atom. The van der Waals surface area contributed by atoms with Gasteiger partial charge >= 0.3 is 6.18 Å². The van der Waals surface area contributed by atoms with Gasteiger partial charge in [0.1, 0.15) is 11.4 Å². The van der Waals surface area contributed by atoms with E-state index in [1.54, 1.807) is 40.9 Å². The summed E-state index contributed by atoms with van der Waals surface area (Å²) in [5.41, 5.74) is -0.0635. The zero-order chi connectivity index (χ0) is 18.2. The van der Waals surface area contributed by atoms with Crippen molar-refractivity contribution in [2.24, 2.45) is 0 Å². The van der Waals surface area contributed by atoms with E-state index in [-0.39, 0.29) is 16.8 Å². The van der Waals surface area contributed by atoms with Crippen molar-refractivity contribution < 1.29 is 18.0 Å². The topological polar surface area (TPSA) is 36.1 Å². The molecule has 1 aliphatic heterocycles. The molecule has 0 unspecified atom stereocenters. The smallest absolute Gasteiger partial charge is 0.346 e. The Bertz CT molecular complexity index is 780. The molecule has 1 fully saturated rings. The van der Waals surface area contributed by atoms with Crippen molar-refractivity contribution in [2.75, 3.05) is 24.6 Å². The minimum atomic E-state index is -4.55. The number of benzene rings is 1. The third kappa shape index (κ3) is 3.67. The van der Waals surface area contributed by atoms with E-state index >= 15 is 0 Å². The number of aromatic amines is 1.